The minimum absolute atomic E-state index is 0.0431. The number of hydrogen-bond donors (Lipinski definition) is 0. The van der Waals surface area contributed by atoms with Gasteiger partial charge in [0.15, 0.2) is 0 Å². The standard InChI is InChI=1S/C22H25FN2O2/c1-24(2)11-18-19-12-25(13-20(18)19)22(26)15-6-4-5-14(9-15)17-8-7-16(27-3)10-21(17)23/h4-10,18-20H,11-13H2,1-3H3. The van der Waals surface area contributed by atoms with Crippen LogP contribution in [-0.4, -0.2) is 56.5 Å². The minimum Gasteiger partial charge on any atom is -0.497 e. The lowest BCUT2D eigenvalue weighted by Gasteiger charge is -2.21. The fraction of sp³-hybridized carbons (Fsp3) is 0.409. The number of likely N-dealkylation sites (tertiary alicyclic amines) is 1. The Morgan fingerprint density at radius 1 is 1.19 bits per heavy atom. The lowest BCUT2D eigenvalue weighted by atomic mass is 10.0. The number of nitrogens with zero attached hydrogens (tertiary/aromatic N) is 2. The third kappa shape index (κ3) is 3.44. The second-order valence-electron chi connectivity index (χ2n) is 7.89. The highest BCUT2D eigenvalue weighted by molar-refractivity contribution is 5.95. The summed E-state index contributed by atoms with van der Waals surface area (Å²) in [6, 6.07) is 12.0. The van der Waals surface area contributed by atoms with Crippen LogP contribution in [-0.2, 0) is 0 Å². The number of methoxy groups -OCH3 is 1. The van der Waals surface area contributed by atoms with Gasteiger partial charge in [0.2, 0.25) is 0 Å². The number of halogens is 1. The zero-order chi connectivity index (χ0) is 19.1. The fourth-order valence-electron chi connectivity index (χ4n) is 4.37. The van der Waals surface area contributed by atoms with E-state index in [1.165, 1.54) is 13.2 Å². The van der Waals surface area contributed by atoms with Crippen molar-refractivity contribution >= 4 is 5.91 Å². The summed E-state index contributed by atoms with van der Waals surface area (Å²) < 4.78 is 19.4. The van der Waals surface area contributed by atoms with Crippen molar-refractivity contribution in [1.29, 1.82) is 0 Å². The summed E-state index contributed by atoms with van der Waals surface area (Å²) in [5.41, 5.74) is 1.80. The fourth-order valence-corrected chi connectivity index (χ4v) is 4.37. The number of carbonyl (C=O) groups is 1. The summed E-state index contributed by atoms with van der Waals surface area (Å²) in [5.74, 6) is 2.17. The first-order valence-electron chi connectivity index (χ1n) is 9.36. The van der Waals surface area contributed by atoms with Crippen LogP contribution in [0.4, 0.5) is 4.39 Å². The molecule has 0 aromatic heterocycles. The van der Waals surface area contributed by atoms with E-state index < -0.39 is 0 Å². The highest BCUT2D eigenvalue weighted by atomic mass is 19.1. The second-order valence-corrected chi connectivity index (χ2v) is 7.89. The molecule has 1 aliphatic carbocycles. The summed E-state index contributed by atoms with van der Waals surface area (Å²) in [6.45, 7) is 2.77. The Hall–Kier alpha value is -2.40. The third-order valence-corrected chi connectivity index (χ3v) is 5.83. The number of piperidine rings is 1. The number of amides is 1. The molecule has 2 fully saturated rings. The van der Waals surface area contributed by atoms with E-state index in [0.717, 1.165) is 25.6 Å². The molecular weight excluding hydrogens is 343 g/mol. The van der Waals surface area contributed by atoms with Crippen molar-refractivity contribution in [2.75, 3.05) is 40.8 Å². The molecule has 1 saturated carbocycles. The summed E-state index contributed by atoms with van der Waals surface area (Å²) >= 11 is 0. The van der Waals surface area contributed by atoms with Gasteiger partial charge in [-0.05, 0) is 61.7 Å². The number of rotatable bonds is 5. The monoisotopic (exact) mass is 368 g/mol. The molecule has 2 aromatic rings. The molecule has 4 rings (SSSR count). The Balaban J connectivity index is 1.48. The quantitative estimate of drug-likeness (QED) is 0.811. The molecule has 1 heterocycles. The van der Waals surface area contributed by atoms with Crippen molar-refractivity contribution in [3.8, 4) is 16.9 Å². The third-order valence-electron chi connectivity index (χ3n) is 5.83. The van der Waals surface area contributed by atoms with Gasteiger partial charge in [-0.3, -0.25) is 4.79 Å². The molecule has 1 amide bonds. The van der Waals surface area contributed by atoms with Crippen molar-refractivity contribution < 1.29 is 13.9 Å². The second kappa shape index (κ2) is 6.97. The first-order chi connectivity index (χ1) is 13.0. The SMILES string of the molecule is COc1ccc(-c2cccc(C(=O)N3CC4C(CN(C)C)C4C3)c2)c(F)c1. The molecule has 1 aliphatic heterocycles. The molecule has 0 N–H and O–H groups in total. The molecule has 2 unspecified atom stereocenters. The molecule has 0 bridgehead atoms. The molecule has 5 heteroatoms. The van der Waals surface area contributed by atoms with Crippen molar-refractivity contribution in [2.24, 2.45) is 17.8 Å². The Morgan fingerprint density at radius 2 is 1.93 bits per heavy atom. The summed E-state index contributed by atoms with van der Waals surface area (Å²) in [4.78, 5) is 17.1. The Kier molecular flexibility index (Phi) is 4.64. The average Bonchev–Trinajstić information content (AvgIpc) is 3.09. The summed E-state index contributed by atoms with van der Waals surface area (Å²) in [6.07, 6.45) is 0. The van der Waals surface area contributed by atoms with Crippen LogP contribution in [0.2, 0.25) is 0 Å². The van der Waals surface area contributed by atoms with Crippen molar-refractivity contribution in [3.63, 3.8) is 0 Å². The van der Waals surface area contributed by atoms with Crippen molar-refractivity contribution in [2.45, 2.75) is 0 Å². The normalized spacial score (nSPS) is 23.4. The van der Waals surface area contributed by atoms with Crippen LogP contribution in [0.3, 0.4) is 0 Å². The Bertz CT molecular complexity index is 855. The Labute approximate surface area is 159 Å². The van der Waals surface area contributed by atoms with E-state index >= 15 is 0 Å². The summed E-state index contributed by atoms with van der Waals surface area (Å²) in [7, 11) is 5.71. The van der Waals surface area contributed by atoms with Crippen LogP contribution in [0.25, 0.3) is 11.1 Å². The van der Waals surface area contributed by atoms with Crippen LogP contribution in [0.15, 0.2) is 42.5 Å². The number of ether oxygens (including phenoxy) is 1. The van der Waals surface area contributed by atoms with Gasteiger partial charge in [0.1, 0.15) is 11.6 Å². The molecule has 27 heavy (non-hydrogen) atoms. The van der Waals surface area contributed by atoms with Crippen LogP contribution in [0.1, 0.15) is 10.4 Å². The van der Waals surface area contributed by atoms with E-state index in [2.05, 4.69) is 19.0 Å². The predicted octanol–water partition coefficient (Wildman–Crippen LogP) is 3.38. The molecule has 1 saturated heterocycles. The van der Waals surface area contributed by atoms with E-state index in [1.807, 2.05) is 23.1 Å². The lowest BCUT2D eigenvalue weighted by molar-refractivity contribution is 0.0765. The van der Waals surface area contributed by atoms with Gasteiger partial charge in [0.05, 0.1) is 7.11 Å². The molecule has 2 aliphatic rings. The minimum atomic E-state index is -0.354. The van der Waals surface area contributed by atoms with Gasteiger partial charge >= 0.3 is 0 Å². The van der Waals surface area contributed by atoms with Gasteiger partial charge in [0.25, 0.3) is 5.91 Å². The number of fused-ring (bicyclic) bond motifs is 1. The summed E-state index contributed by atoms with van der Waals surface area (Å²) in [5, 5.41) is 0. The van der Waals surface area contributed by atoms with E-state index in [-0.39, 0.29) is 11.7 Å². The molecule has 0 spiro atoms. The van der Waals surface area contributed by atoms with Crippen molar-refractivity contribution in [3.05, 3.63) is 53.8 Å². The van der Waals surface area contributed by atoms with Crippen LogP contribution in [0, 0.1) is 23.6 Å². The van der Waals surface area contributed by atoms with Crippen LogP contribution < -0.4 is 4.74 Å². The molecule has 4 nitrogen and oxygen atoms in total. The van der Waals surface area contributed by atoms with Gasteiger partial charge in [-0.2, -0.15) is 0 Å². The molecule has 2 atom stereocenters. The smallest absolute Gasteiger partial charge is 0.253 e. The number of benzene rings is 2. The van der Waals surface area contributed by atoms with E-state index in [0.29, 0.717) is 34.3 Å². The van der Waals surface area contributed by atoms with Crippen molar-refractivity contribution in [1.82, 2.24) is 9.80 Å². The molecule has 0 radical (unpaired) electrons. The molecule has 142 valence electrons. The van der Waals surface area contributed by atoms with Crippen LogP contribution >= 0.6 is 0 Å². The molecule has 2 aromatic carbocycles. The lowest BCUT2D eigenvalue weighted by Crippen LogP contribution is -2.33. The predicted molar refractivity (Wildman–Crippen MR) is 103 cm³/mol. The van der Waals surface area contributed by atoms with Gasteiger partial charge < -0.3 is 14.5 Å². The average molecular weight is 368 g/mol. The van der Waals surface area contributed by atoms with Gasteiger partial charge in [-0.15, -0.1) is 0 Å². The van der Waals surface area contributed by atoms with Gasteiger partial charge in [-0.1, -0.05) is 12.1 Å². The zero-order valence-electron chi connectivity index (χ0n) is 16.0. The molecular formula is C22H25FN2O2. The topological polar surface area (TPSA) is 32.8 Å². The maximum atomic E-state index is 14.4. The van der Waals surface area contributed by atoms with E-state index in [1.54, 1.807) is 18.2 Å². The van der Waals surface area contributed by atoms with E-state index in [4.69, 9.17) is 4.74 Å². The first-order valence-corrected chi connectivity index (χ1v) is 9.36. The maximum Gasteiger partial charge on any atom is 0.253 e. The Morgan fingerprint density at radius 3 is 2.56 bits per heavy atom. The van der Waals surface area contributed by atoms with Gasteiger partial charge in [-0.25, -0.2) is 4.39 Å². The zero-order valence-corrected chi connectivity index (χ0v) is 16.0. The number of hydrogen-bond acceptors (Lipinski definition) is 3. The highest BCUT2D eigenvalue weighted by Crippen LogP contribution is 2.52. The first kappa shape index (κ1) is 18.0. The van der Waals surface area contributed by atoms with Gasteiger partial charge in [0, 0.05) is 36.8 Å². The number of carbonyl (C=O) groups excluding carboxylic acids is 1. The highest BCUT2D eigenvalue weighted by Gasteiger charge is 2.56. The van der Waals surface area contributed by atoms with E-state index in [9.17, 15) is 9.18 Å². The maximum absolute atomic E-state index is 14.4. The largest absolute Gasteiger partial charge is 0.497 e. The van der Waals surface area contributed by atoms with Crippen LogP contribution in [0.5, 0.6) is 5.75 Å².